The fraction of sp³-hybridized carbons (Fsp3) is 0.185. The molecular weight excluding hydrogens is 497 g/mol. The Morgan fingerprint density at radius 1 is 1.11 bits per heavy atom. The number of nitrogens with one attached hydrogen (secondary N) is 1. The molecule has 0 fully saturated rings. The summed E-state index contributed by atoms with van der Waals surface area (Å²) in [7, 11) is -3.72. The maximum atomic E-state index is 13.8. The quantitative estimate of drug-likeness (QED) is 0.281. The molecule has 188 valence electrons. The van der Waals surface area contributed by atoms with E-state index in [9.17, 15) is 22.4 Å². The molecule has 0 radical (unpaired) electrons. The Balaban J connectivity index is 1.84. The number of nitrogens with zero attached hydrogens (tertiary/aromatic N) is 2. The van der Waals surface area contributed by atoms with E-state index in [0.29, 0.717) is 56.4 Å². The molecule has 5 rings (SSSR count). The zero-order valence-electron chi connectivity index (χ0n) is 20.0. The minimum atomic E-state index is -5.19. The van der Waals surface area contributed by atoms with Crippen LogP contribution in [0.5, 0.6) is 11.5 Å². The number of benzene rings is 3. The van der Waals surface area contributed by atoms with Crippen LogP contribution in [-0.4, -0.2) is 25.1 Å². The molecule has 0 saturated heterocycles. The minimum Gasteiger partial charge on any atom is -0.496 e. The molecule has 1 N–H and O–H groups in total. The van der Waals surface area contributed by atoms with Crippen molar-refractivity contribution in [2.45, 2.75) is 26.3 Å². The molecule has 8 nitrogen and oxygen atoms in total. The molecule has 0 unspecified atom stereocenters. The third kappa shape index (κ3) is 4.38. The molecule has 0 atom stereocenters. The Kier molecular flexibility index (Phi) is 6.09. The van der Waals surface area contributed by atoms with Crippen molar-refractivity contribution in [2.75, 3.05) is 7.11 Å². The minimum absolute atomic E-state index is 0.181. The first-order valence-electron chi connectivity index (χ1n) is 11.6. The maximum absolute atomic E-state index is 13.8. The zero-order chi connectivity index (χ0) is 26.3. The number of rotatable bonds is 7. The van der Waals surface area contributed by atoms with Crippen molar-refractivity contribution >= 4 is 43.3 Å². The third-order valence-corrected chi connectivity index (χ3v) is 6.73. The van der Waals surface area contributed by atoms with Gasteiger partial charge in [-0.25, -0.2) is 0 Å². The number of hydrogen-bond donors (Lipinski definition) is 1. The Bertz CT molecular complexity index is 1900. The van der Waals surface area contributed by atoms with Crippen molar-refractivity contribution < 1.29 is 21.2 Å². The number of halogens is 1. The van der Waals surface area contributed by atoms with Gasteiger partial charge < -0.3 is 18.5 Å². The molecule has 0 spiro atoms. The smallest absolute Gasteiger partial charge is 0.488 e. The van der Waals surface area contributed by atoms with Gasteiger partial charge >= 0.3 is 10.5 Å². The summed E-state index contributed by atoms with van der Waals surface area (Å²) in [4.78, 5) is 17.1. The van der Waals surface area contributed by atoms with Crippen LogP contribution in [0.15, 0.2) is 59.4 Å². The number of fused-ring (bicyclic) bond motifs is 4. The first-order chi connectivity index (χ1) is 17.7. The van der Waals surface area contributed by atoms with E-state index >= 15 is 0 Å². The van der Waals surface area contributed by atoms with Crippen LogP contribution in [0.2, 0.25) is 0 Å². The van der Waals surface area contributed by atoms with Crippen molar-refractivity contribution in [3.8, 4) is 28.7 Å². The first kappa shape index (κ1) is 24.3. The van der Waals surface area contributed by atoms with E-state index in [2.05, 4.69) is 22.2 Å². The molecule has 0 aliphatic carbocycles. The van der Waals surface area contributed by atoms with Gasteiger partial charge in [0.2, 0.25) is 0 Å². The second kappa shape index (κ2) is 9.26. The van der Waals surface area contributed by atoms with Crippen LogP contribution < -0.4 is 14.3 Å². The number of unbranched alkanes of at least 4 members (excludes halogenated alkanes) is 1. The Morgan fingerprint density at radius 2 is 1.92 bits per heavy atom. The van der Waals surface area contributed by atoms with Gasteiger partial charge in [-0.15, -0.1) is 0 Å². The van der Waals surface area contributed by atoms with E-state index in [1.54, 1.807) is 36.4 Å². The van der Waals surface area contributed by atoms with Crippen molar-refractivity contribution in [3.05, 3.63) is 70.4 Å². The highest BCUT2D eigenvalue weighted by atomic mass is 32.3. The number of hydrogen-bond acceptors (Lipinski definition) is 6. The molecule has 2 aromatic heterocycles. The van der Waals surface area contributed by atoms with Gasteiger partial charge in [-0.1, -0.05) is 35.4 Å². The summed E-state index contributed by atoms with van der Waals surface area (Å²) in [5.41, 5.74) is 3.38. The van der Waals surface area contributed by atoms with E-state index in [-0.39, 0.29) is 11.2 Å². The summed E-state index contributed by atoms with van der Waals surface area (Å²) in [6.45, 7) is 2.70. The van der Waals surface area contributed by atoms with Gasteiger partial charge in [0, 0.05) is 23.0 Å². The second-order valence-electron chi connectivity index (χ2n) is 8.63. The summed E-state index contributed by atoms with van der Waals surface area (Å²) >= 11 is 0. The topological polar surface area (TPSA) is 114 Å². The summed E-state index contributed by atoms with van der Waals surface area (Å²) in [6, 6.07) is 16.7. The number of pyridine rings is 1. The molecule has 5 aromatic rings. The van der Waals surface area contributed by atoms with Crippen molar-refractivity contribution in [2.24, 2.45) is 0 Å². The number of ether oxygens (including phenoxy) is 1. The number of H-pyrrole nitrogens is 1. The molecule has 10 heteroatoms. The van der Waals surface area contributed by atoms with E-state index in [4.69, 9.17) is 4.74 Å². The third-order valence-electron chi connectivity index (χ3n) is 6.33. The second-order valence-corrected chi connectivity index (χ2v) is 9.58. The Labute approximate surface area is 211 Å². The number of aromatic amines is 1. The van der Waals surface area contributed by atoms with Crippen LogP contribution in [0.3, 0.4) is 0 Å². The van der Waals surface area contributed by atoms with Crippen molar-refractivity contribution in [1.29, 1.82) is 5.26 Å². The van der Waals surface area contributed by atoms with E-state index in [0.717, 1.165) is 18.2 Å². The highest BCUT2D eigenvalue weighted by Crippen LogP contribution is 2.37. The Hall–Kier alpha value is -4.36. The zero-order valence-corrected chi connectivity index (χ0v) is 20.9. The van der Waals surface area contributed by atoms with Gasteiger partial charge in [0.15, 0.2) is 5.43 Å². The van der Waals surface area contributed by atoms with Crippen molar-refractivity contribution in [3.63, 3.8) is 0 Å². The van der Waals surface area contributed by atoms with E-state index in [1.165, 1.54) is 25.3 Å². The average molecular weight is 520 g/mol. The Morgan fingerprint density at radius 3 is 2.62 bits per heavy atom. The lowest BCUT2D eigenvalue weighted by molar-refractivity contribution is 0.417. The lowest BCUT2D eigenvalue weighted by Crippen LogP contribution is -2.12. The average Bonchev–Trinajstić information content (AvgIpc) is 3.26. The van der Waals surface area contributed by atoms with Gasteiger partial charge in [-0.05, 0) is 48.4 Å². The number of nitriles is 1. The number of aryl methyl sites for hydroxylation is 1. The van der Waals surface area contributed by atoms with Crippen LogP contribution in [0.25, 0.3) is 44.0 Å². The van der Waals surface area contributed by atoms with Gasteiger partial charge in [-0.2, -0.15) is 13.7 Å². The van der Waals surface area contributed by atoms with Gasteiger partial charge in [0.25, 0.3) is 0 Å². The summed E-state index contributed by atoms with van der Waals surface area (Å²) in [6.07, 6.45) is 1.78. The molecule has 0 aliphatic rings. The van der Waals surface area contributed by atoms with Crippen LogP contribution >= 0.6 is 0 Å². The largest absolute Gasteiger partial charge is 0.496 e. The molecule has 0 aliphatic heterocycles. The number of methoxy groups -OCH3 is 1. The highest BCUT2D eigenvalue weighted by Gasteiger charge is 2.20. The van der Waals surface area contributed by atoms with Crippen LogP contribution in [0.1, 0.15) is 25.3 Å². The van der Waals surface area contributed by atoms with E-state index in [1.807, 2.05) is 4.57 Å². The predicted molar refractivity (Wildman–Crippen MR) is 140 cm³/mol. The van der Waals surface area contributed by atoms with Crippen molar-refractivity contribution in [1.82, 2.24) is 9.55 Å². The van der Waals surface area contributed by atoms with Gasteiger partial charge in [-0.3, -0.25) is 4.79 Å². The first-order valence-corrected chi connectivity index (χ1v) is 12.9. The monoisotopic (exact) mass is 519 g/mol. The van der Waals surface area contributed by atoms with Gasteiger partial charge in [0.05, 0.1) is 35.0 Å². The fourth-order valence-electron chi connectivity index (χ4n) is 4.69. The summed E-state index contributed by atoms with van der Waals surface area (Å²) < 4.78 is 47.2. The molecule has 37 heavy (non-hydrogen) atoms. The molecule has 3 aromatic carbocycles. The standard InChI is InChI=1S/C27H22FN3O5S/c1-3-4-10-31-23-13-20(17-6-5-7-18(12-17)36-37(28,33)34)24(35-2)14-21(23)26(32)25-19-9-8-16(15-29)11-22(19)30-27(25)31/h5-9,11-14,30H,3-4,10H2,1-2H3. The maximum Gasteiger partial charge on any atom is 0.488 e. The summed E-state index contributed by atoms with van der Waals surface area (Å²) in [5.74, 6) is 0.197. The number of aromatic nitrogens is 2. The fourth-order valence-corrected chi connectivity index (χ4v) is 5.02. The predicted octanol–water partition coefficient (Wildman–Crippen LogP) is 5.58. The highest BCUT2D eigenvalue weighted by molar-refractivity contribution is 7.81. The SMILES string of the molecule is CCCCn1c2cc(-c3cccc(OS(=O)(=O)F)c3)c(OC)cc2c(=O)c2c3ccc(C#N)cc3[nH]c21. The van der Waals surface area contributed by atoms with E-state index < -0.39 is 10.5 Å². The molecule has 2 heterocycles. The molecule has 0 amide bonds. The lowest BCUT2D eigenvalue weighted by Gasteiger charge is -2.16. The lowest BCUT2D eigenvalue weighted by atomic mass is 10.0. The van der Waals surface area contributed by atoms with Crippen LogP contribution in [0.4, 0.5) is 3.89 Å². The summed E-state index contributed by atoms with van der Waals surface area (Å²) in [5, 5.41) is 11.0. The normalized spacial score (nSPS) is 11.7. The van der Waals surface area contributed by atoms with Gasteiger partial charge in [0.1, 0.15) is 17.1 Å². The van der Waals surface area contributed by atoms with Crippen LogP contribution in [0, 0.1) is 11.3 Å². The van der Waals surface area contributed by atoms with Crippen LogP contribution in [-0.2, 0) is 17.0 Å². The molecule has 0 bridgehead atoms. The molecular formula is C27H22FN3O5S. The molecule has 0 saturated carbocycles.